The maximum absolute atomic E-state index is 5.28. The molecule has 1 heterocycles. The van der Waals surface area contributed by atoms with Gasteiger partial charge in [0.2, 0.25) is 0 Å². The molecule has 28 heavy (non-hydrogen) atoms. The van der Waals surface area contributed by atoms with Gasteiger partial charge < -0.3 is 4.74 Å². The molecular formula is C24H33N3O. The van der Waals surface area contributed by atoms with Crippen LogP contribution < -0.4 is 4.74 Å². The summed E-state index contributed by atoms with van der Waals surface area (Å²) in [5, 5.41) is 8.52. The van der Waals surface area contributed by atoms with Gasteiger partial charge in [-0.25, -0.2) is 4.68 Å². The summed E-state index contributed by atoms with van der Waals surface area (Å²) in [4.78, 5) is 0. The van der Waals surface area contributed by atoms with Crippen molar-refractivity contribution in [3.63, 3.8) is 0 Å². The molecule has 0 amide bonds. The summed E-state index contributed by atoms with van der Waals surface area (Å²) < 4.78 is 7.15. The van der Waals surface area contributed by atoms with Gasteiger partial charge in [0.05, 0.1) is 19.9 Å². The molecule has 0 atom stereocenters. The number of methoxy groups -OCH3 is 1. The molecule has 150 valence electrons. The molecule has 0 aliphatic rings. The lowest BCUT2D eigenvalue weighted by Gasteiger charge is -2.02. The molecule has 0 saturated carbocycles. The molecule has 1 aromatic carbocycles. The predicted molar refractivity (Wildman–Crippen MR) is 117 cm³/mol. The fourth-order valence-electron chi connectivity index (χ4n) is 2.89. The zero-order chi connectivity index (χ0) is 20.4. The van der Waals surface area contributed by atoms with Gasteiger partial charge in [-0.2, -0.15) is 0 Å². The zero-order valence-electron chi connectivity index (χ0n) is 17.9. The van der Waals surface area contributed by atoms with Gasteiger partial charge in [-0.1, -0.05) is 52.3 Å². The topological polar surface area (TPSA) is 39.9 Å². The highest BCUT2D eigenvalue weighted by Gasteiger charge is 2.04. The fraction of sp³-hybridized carbons (Fsp3) is 0.417. The van der Waals surface area contributed by atoms with Crippen molar-refractivity contribution < 1.29 is 4.74 Å². The Balaban J connectivity index is 1.83. The summed E-state index contributed by atoms with van der Waals surface area (Å²) >= 11 is 0. The highest BCUT2D eigenvalue weighted by Crippen LogP contribution is 2.21. The summed E-state index contributed by atoms with van der Waals surface area (Å²) in [6.07, 6.45) is 13.4. The second kappa shape index (κ2) is 11.3. The van der Waals surface area contributed by atoms with Crippen LogP contribution in [0.15, 0.2) is 65.4 Å². The Labute approximate surface area is 169 Å². The molecule has 0 aliphatic heterocycles. The minimum absolute atomic E-state index is 0.742. The summed E-state index contributed by atoms with van der Waals surface area (Å²) in [6, 6.07) is 7.89. The van der Waals surface area contributed by atoms with E-state index >= 15 is 0 Å². The van der Waals surface area contributed by atoms with E-state index in [2.05, 4.69) is 56.2 Å². The van der Waals surface area contributed by atoms with E-state index in [9.17, 15) is 0 Å². The standard InChI is InChI=1S/C24H33N3O/c1-19(2)9-6-10-20(3)11-7-12-21(4)15-16-27-18-24(25-26-27)22-13-8-14-23(17-22)28-5/h8-9,11,13-15,17-18H,6-7,10,12,16H2,1-5H3/b20-11+,21-15+. The van der Waals surface area contributed by atoms with Gasteiger partial charge in [0.15, 0.2) is 0 Å². The first-order valence-corrected chi connectivity index (χ1v) is 9.97. The van der Waals surface area contributed by atoms with Crippen LogP contribution in [0.2, 0.25) is 0 Å². The van der Waals surface area contributed by atoms with E-state index in [1.165, 1.54) is 16.7 Å². The molecule has 0 fully saturated rings. The Morgan fingerprint density at radius 2 is 1.71 bits per heavy atom. The van der Waals surface area contributed by atoms with Crippen LogP contribution in [0.4, 0.5) is 0 Å². The largest absolute Gasteiger partial charge is 0.497 e. The molecule has 4 nitrogen and oxygen atoms in total. The van der Waals surface area contributed by atoms with Crippen LogP contribution in [0.25, 0.3) is 11.3 Å². The van der Waals surface area contributed by atoms with E-state index in [0.717, 1.165) is 49.2 Å². The first-order chi connectivity index (χ1) is 13.5. The molecule has 0 N–H and O–H groups in total. The van der Waals surface area contributed by atoms with Gasteiger partial charge in [-0.05, 0) is 65.5 Å². The Morgan fingerprint density at radius 3 is 2.43 bits per heavy atom. The minimum atomic E-state index is 0.742. The summed E-state index contributed by atoms with van der Waals surface area (Å²) in [5.41, 5.74) is 6.13. The van der Waals surface area contributed by atoms with Crippen molar-refractivity contribution >= 4 is 0 Å². The SMILES string of the molecule is COc1cccc(-c2cn(C/C=C(\C)CC/C=C(\C)CCC=C(C)C)nn2)c1. The quantitative estimate of drug-likeness (QED) is 0.450. The van der Waals surface area contributed by atoms with E-state index in [0.29, 0.717) is 0 Å². The molecule has 4 heteroatoms. The second-order valence-corrected chi connectivity index (χ2v) is 7.52. The van der Waals surface area contributed by atoms with E-state index in [1.807, 2.05) is 35.1 Å². The maximum Gasteiger partial charge on any atom is 0.119 e. The lowest BCUT2D eigenvalue weighted by Crippen LogP contribution is -1.96. The Kier molecular flexibility index (Phi) is 8.73. The molecule has 0 bridgehead atoms. The maximum atomic E-state index is 5.28. The Bertz CT molecular complexity index is 839. The van der Waals surface area contributed by atoms with Crippen molar-refractivity contribution in [2.45, 2.75) is 59.9 Å². The molecule has 2 rings (SSSR count). The monoisotopic (exact) mass is 379 g/mol. The molecule has 0 saturated heterocycles. The molecule has 0 aliphatic carbocycles. The van der Waals surface area contributed by atoms with Gasteiger partial charge in [-0.15, -0.1) is 5.10 Å². The average Bonchev–Trinajstić information content (AvgIpc) is 3.15. The van der Waals surface area contributed by atoms with Gasteiger partial charge in [0.1, 0.15) is 11.4 Å². The van der Waals surface area contributed by atoms with E-state index < -0.39 is 0 Å². The highest BCUT2D eigenvalue weighted by atomic mass is 16.5. The van der Waals surface area contributed by atoms with Crippen LogP contribution in [-0.4, -0.2) is 22.1 Å². The molecule has 0 radical (unpaired) electrons. The fourth-order valence-corrected chi connectivity index (χ4v) is 2.89. The van der Waals surface area contributed by atoms with Gasteiger partial charge in [0, 0.05) is 5.56 Å². The number of aromatic nitrogens is 3. The molecule has 0 unspecified atom stereocenters. The van der Waals surface area contributed by atoms with Gasteiger partial charge in [0.25, 0.3) is 0 Å². The number of allylic oxidation sites excluding steroid dienone is 6. The smallest absolute Gasteiger partial charge is 0.119 e. The van der Waals surface area contributed by atoms with Crippen molar-refractivity contribution in [1.82, 2.24) is 15.0 Å². The van der Waals surface area contributed by atoms with Gasteiger partial charge in [-0.3, -0.25) is 0 Å². The van der Waals surface area contributed by atoms with Crippen LogP contribution in [0.1, 0.15) is 53.4 Å². The first kappa shape index (κ1) is 21.7. The second-order valence-electron chi connectivity index (χ2n) is 7.52. The summed E-state index contributed by atoms with van der Waals surface area (Å²) in [5.74, 6) is 0.826. The van der Waals surface area contributed by atoms with Crippen molar-refractivity contribution in [2.24, 2.45) is 0 Å². The lowest BCUT2D eigenvalue weighted by molar-refractivity contribution is 0.415. The number of nitrogens with zero attached hydrogens (tertiary/aromatic N) is 3. The minimum Gasteiger partial charge on any atom is -0.497 e. The van der Waals surface area contributed by atoms with Crippen molar-refractivity contribution in [3.05, 3.63) is 65.4 Å². The molecule has 0 spiro atoms. The number of rotatable bonds is 10. The van der Waals surface area contributed by atoms with Crippen molar-refractivity contribution in [3.8, 4) is 17.0 Å². The van der Waals surface area contributed by atoms with Crippen LogP contribution in [0, 0.1) is 0 Å². The van der Waals surface area contributed by atoms with Crippen LogP contribution in [-0.2, 0) is 6.54 Å². The Hall–Kier alpha value is -2.62. The summed E-state index contributed by atoms with van der Waals surface area (Å²) in [7, 11) is 1.67. The number of hydrogen-bond acceptors (Lipinski definition) is 3. The number of hydrogen-bond donors (Lipinski definition) is 0. The van der Waals surface area contributed by atoms with Gasteiger partial charge >= 0.3 is 0 Å². The van der Waals surface area contributed by atoms with Crippen molar-refractivity contribution in [2.75, 3.05) is 7.11 Å². The van der Waals surface area contributed by atoms with E-state index in [4.69, 9.17) is 4.74 Å². The zero-order valence-corrected chi connectivity index (χ0v) is 17.9. The highest BCUT2D eigenvalue weighted by molar-refractivity contribution is 5.59. The van der Waals surface area contributed by atoms with Crippen molar-refractivity contribution in [1.29, 1.82) is 0 Å². The van der Waals surface area contributed by atoms with Crippen LogP contribution >= 0.6 is 0 Å². The van der Waals surface area contributed by atoms with E-state index in [1.54, 1.807) is 7.11 Å². The van der Waals surface area contributed by atoms with E-state index in [-0.39, 0.29) is 0 Å². The molecular weight excluding hydrogens is 346 g/mol. The molecule has 1 aromatic heterocycles. The lowest BCUT2D eigenvalue weighted by atomic mass is 10.1. The third kappa shape index (κ3) is 7.55. The third-order valence-electron chi connectivity index (χ3n) is 4.65. The Morgan fingerprint density at radius 1 is 1.00 bits per heavy atom. The summed E-state index contributed by atoms with van der Waals surface area (Å²) in [6.45, 7) is 9.47. The average molecular weight is 380 g/mol. The third-order valence-corrected chi connectivity index (χ3v) is 4.65. The number of ether oxygens (including phenoxy) is 1. The molecule has 2 aromatic rings. The normalized spacial score (nSPS) is 12.2. The first-order valence-electron chi connectivity index (χ1n) is 9.97. The van der Waals surface area contributed by atoms with Crippen LogP contribution in [0.5, 0.6) is 5.75 Å². The van der Waals surface area contributed by atoms with Crippen LogP contribution in [0.3, 0.4) is 0 Å². The predicted octanol–water partition coefficient (Wildman–Crippen LogP) is 6.37. The number of benzene rings is 1.